The summed E-state index contributed by atoms with van der Waals surface area (Å²) in [6.07, 6.45) is 6.37. The molecular formula is C27H30BrN5O4. The van der Waals surface area contributed by atoms with Crippen LogP contribution in [0.3, 0.4) is 0 Å². The Hall–Kier alpha value is -3.50. The number of amides is 1. The Bertz CT molecular complexity index is 1290. The molecule has 2 N–H and O–H groups in total. The van der Waals surface area contributed by atoms with Crippen molar-refractivity contribution in [3.05, 3.63) is 59.4 Å². The maximum absolute atomic E-state index is 12.7. The molecule has 1 aromatic heterocycles. The zero-order valence-electron chi connectivity index (χ0n) is 20.9. The van der Waals surface area contributed by atoms with E-state index in [1.807, 2.05) is 37.3 Å². The van der Waals surface area contributed by atoms with E-state index >= 15 is 0 Å². The van der Waals surface area contributed by atoms with Gasteiger partial charge in [-0.15, -0.1) is 0 Å². The molecule has 37 heavy (non-hydrogen) atoms. The molecule has 4 rings (SSSR count). The monoisotopic (exact) mass is 567 g/mol. The van der Waals surface area contributed by atoms with Crippen molar-refractivity contribution >= 4 is 55.9 Å². The number of esters is 1. The van der Waals surface area contributed by atoms with Crippen molar-refractivity contribution in [2.24, 2.45) is 5.92 Å². The lowest BCUT2D eigenvalue weighted by atomic mass is 9.97. The van der Waals surface area contributed by atoms with Gasteiger partial charge in [-0.3, -0.25) is 14.5 Å². The number of fused-ring (bicyclic) bond motifs is 1. The third kappa shape index (κ3) is 7.05. The van der Waals surface area contributed by atoms with Crippen molar-refractivity contribution in [3.8, 4) is 5.75 Å². The molecule has 0 bridgehead atoms. The second-order valence-electron chi connectivity index (χ2n) is 8.65. The number of carbonyl (C=O) groups is 2. The van der Waals surface area contributed by atoms with Gasteiger partial charge in [0.05, 0.1) is 30.8 Å². The number of aromatic nitrogens is 2. The average Bonchev–Trinajstić information content (AvgIpc) is 2.89. The van der Waals surface area contributed by atoms with Gasteiger partial charge < -0.3 is 20.1 Å². The van der Waals surface area contributed by atoms with E-state index in [1.165, 1.54) is 12.4 Å². The van der Waals surface area contributed by atoms with Gasteiger partial charge in [0.25, 0.3) is 0 Å². The number of piperidine rings is 1. The summed E-state index contributed by atoms with van der Waals surface area (Å²) in [6, 6.07) is 11.3. The van der Waals surface area contributed by atoms with Crippen LogP contribution in [0.1, 0.15) is 19.8 Å². The number of methoxy groups -OCH3 is 1. The van der Waals surface area contributed by atoms with E-state index < -0.39 is 0 Å². The number of halogens is 1. The molecule has 9 nitrogen and oxygen atoms in total. The Balaban J connectivity index is 1.41. The predicted octanol–water partition coefficient (Wildman–Crippen LogP) is 4.91. The molecule has 0 spiro atoms. The first kappa shape index (κ1) is 26.6. The van der Waals surface area contributed by atoms with Gasteiger partial charge >= 0.3 is 5.97 Å². The van der Waals surface area contributed by atoms with E-state index in [0.717, 1.165) is 41.5 Å². The van der Waals surface area contributed by atoms with E-state index in [1.54, 1.807) is 19.2 Å². The highest BCUT2D eigenvalue weighted by atomic mass is 79.9. The standard InChI is InChI=1S/C27H30BrN5O4/c1-3-37-27(35)18-9-12-33(13-10-18)11-5-8-25(34)32-23-15-21-22(16-24(23)36-2)29-17-30-26(21)31-20-7-4-6-19(28)14-20/h4-8,14-18H,3,9-13H2,1-2H3,(H,32,34)(H,29,30,31)/b8-5+. The molecule has 2 heterocycles. The van der Waals surface area contributed by atoms with Crippen LogP contribution in [-0.4, -0.2) is 60.1 Å². The van der Waals surface area contributed by atoms with Crippen molar-refractivity contribution in [3.63, 3.8) is 0 Å². The normalized spacial score (nSPS) is 14.6. The molecule has 3 aromatic rings. The zero-order chi connectivity index (χ0) is 26.2. The fraction of sp³-hybridized carbons (Fsp3) is 0.333. The number of nitrogens with one attached hydrogen (secondary N) is 2. The first-order valence-corrected chi connectivity index (χ1v) is 13.0. The van der Waals surface area contributed by atoms with Crippen LogP contribution in [0.15, 0.2) is 59.4 Å². The summed E-state index contributed by atoms with van der Waals surface area (Å²) in [7, 11) is 1.55. The number of rotatable bonds is 9. The smallest absolute Gasteiger partial charge is 0.309 e. The summed E-state index contributed by atoms with van der Waals surface area (Å²) >= 11 is 3.48. The van der Waals surface area contributed by atoms with Crippen molar-refractivity contribution in [1.29, 1.82) is 0 Å². The van der Waals surface area contributed by atoms with Gasteiger partial charge in [0, 0.05) is 34.2 Å². The van der Waals surface area contributed by atoms with Crippen molar-refractivity contribution in [1.82, 2.24) is 14.9 Å². The van der Waals surface area contributed by atoms with Crippen molar-refractivity contribution in [2.75, 3.05) is 44.0 Å². The fourth-order valence-electron chi connectivity index (χ4n) is 4.25. The van der Waals surface area contributed by atoms with Crippen LogP contribution in [0, 0.1) is 5.92 Å². The molecule has 1 fully saturated rings. The fourth-order valence-corrected chi connectivity index (χ4v) is 4.65. The molecule has 1 amide bonds. The number of anilines is 3. The molecule has 1 saturated heterocycles. The summed E-state index contributed by atoms with van der Waals surface area (Å²) in [5, 5.41) is 6.96. The topological polar surface area (TPSA) is 106 Å². The van der Waals surface area contributed by atoms with Gasteiger partial charge in [-0.25, -0.2) is 9.97 Å². The van der Waals surface area contributed by atoms with Crippen LogP contribution in [0.4, 0.5) is 17.2 Å². The molecule has 0 radical (unpaired) electrons. The van der Waals surface area contributed by atoms with Gasteiger partial charge in [-0.2, -0.15) is 0 Å². The number of nitrogens with zero attached hydrogens (tertiary/aromatic N) is 3. The third-order valence-corrected chi connectivity index (χ3v) is 6.64. The molecule has 10 heteroatoms. The number of likely N-dealkylation sites (tertiary alicyclic amines) is 1. The maximum atomic E-state index is 12.7. The lowest BCUT2D eigenvalue weighted by molar-refractivity contribution is -0.149. The van der Waals surface area contributed by atoms with E-state index in [0.29, 0.717) is 35.9 Å². The Morgan fingerprint density at radius 2 is 2.00 bits per heavy atom. The molecule has 0 unspecified atom stereocenters. The van der Waals surface area contributed by atoms with Gasteiger partial charge in [0.15, 0.2) is 0 Å². The summed E-state index contributed by atoms with van der Waals surface area (Å²) < 4.78 is 11.6. The molecule has 2 aromatic carbocycles. The third-order valence-electron chi connectivity index (χ3n) is 6.14. The number of hydrogen-bond donors (Lipinski definition) is 2. The molecular weight excluding hydrogens is 538 g/mol. The number of hydrogen-bond acceptors (Lipinski definition) is 8. The van der Waals surface area contributed by atoms with Crippen molar-refractivity contribution < 1.29 is 19.1 Å². The lowest BCUT2D eigenvalue weighted by Gasteiger charge is -2.29. The molecule has 0 saturated carbocycles. The Kier molecular flexibility index (Phi) is 9.08. The summed E-state index contributed by atoms with van der Waals surface area (Å²) in [6.45, 7) is 4.45. The minimum absolute atomic E-state index is 0.0318. The van der Waals surface area contributed by atoms with E-state index in [-0.39, 0.29) is 17.8 Å². The highest BCUT2D eigenvalue weighted by Gasteiger charge is 2.25. The highest BCUT2D eigenvalue weighted by Crippen LogP contribution is 2.33. The van der Waals surface area contributed by atoms with Crippen LogP contribution in [0.5, 0.6) is 5.75 Å². The van der Waals surface area contributed by atoms with Crippen LogP contribution in [0.2, 0.25) is 0 Å². The Morgan fingerprint density at radius 1 is 1.19 bits per heavy atom. The van der Waals surface area contributed by atoms with Crippen LogP contribution < -0.4 is 15.4 Å². The van der Waals surface area contributed by atoms with Crippen LogP contribution >= 0.6 is 15.9 Å². The number of benzene rings is 2. The summed E-state index contributed by atoms with van der Waals surface area (Å²) in [4.78, 5) is 35.6. The molecule has 194 valence electrons. The highest BCUT2D eigenvalue weighted by molar-refractivity contribution is 9.10. The first-order chi connectivity index (χ1) is 18.0. The van der Waals surface area contributed by atoms with Crippen LogP contribution in [-0.2, 0) is 14.3 Å². The van der Waals surface area contributed by atoms with Gasteiger partial charge in [-0.1, -0.05) is 28.1 Å². The summed E-state index contributed by atoms with van der Waals surface area (Å²) in [5.41, 5.74) is 2.07. The largest absolute Gasteiger partial charge is 0.494 e. The number of carbonyl (C=O) groups excluding carboxylic acids is 2. The first-order valence-electron chi connectivity index (χ1n) is 12.2. The summed E-state index contributed by atoms with van der Waals surface area (Å²) in [5.74, 6) is 0.709. The van der Waals surface area contributed by atoms with E-state index in [2.05, 4.69) is 41.4 Å². The molecule has 1 aliphatic rings. The molecule has 1 aliphatic heterocycles. The SMILES string of the molecule is CCOC(=O)C1CCN(C/C=C/C(=O)Nc2cc3c(Nc4cccc(Br)c4)ncnc3cc2OC)CC1. The second kappa shape index (κ2) is 12.6. The number of ether oxygens (including phenoxy) is 2. The lowest BCUT2D eigenvalue weighted by Crippen LogP contribution is -2.37. The minimum atomic E-state index is -0.266. The molecule has 0 atom stereocenters. The van der Waals surface area contributed by atoms with Crippen LogP contribution in [0.25, 0.3) is 10.9 Å². The Morgan fingerprint density at radius 3 is 2.73 bits per heavy atom. The Labute approximate surface area is 224 Å². The predicted molar refractivity (Wildman–Crippen MR) is 147 cm³/mol. The average molecular weight is 568 g/mol. The minimum Gasteiger partial charge on any atom is -0.494 e. The second-order valence-corrected chi connectivity index (χ2v) is 9.56. The van der Waals surface area contributed by atoms with Gasteiger partial charge in [0.2, 0.25) is 5.91 Å². The van der Waals surface area contributed by atoms with Gasteiger partial charge in [-0.05, 0) is 57.1 Å². The zero-order valence-corrected chi connectivity index (χ0v) is 22.5. The van der Waals surface area contributed by atoms with E-state index in [9.17, 15) is 9.59 Å². The maximum Gasteiger partial charge on any atom is 0.309 e. The molecule has 0 aliphatic carbocycles. The van der Waals surface area contributed by atoms with Gasteiger partial charge in [0.1, 0.15) is 17.9 Å². The van der Waals surface area contributed by atoms with Crippen molar-refractivity contribution in [2.45, 2.75) is 19.8 Å². The van der Waals surface area contributed by atoms with E-state index in [4.69, 9.17) is 9.47 Å². The quantitative estimate of drug-likeness (QED) is 0.277.